The molecular formula is C19H20N2O4S. The van der Waals surface area contributed by atoms with Crippen molar-refractivity contribution in [3.05, 3.63) is 48.5 Å². The summed E-state index contributed by atoms with van der Waals surface area (Å²) >= 11 is 1.62. The lowest BCUT2D eigenvalue weighted by atomic mass is 10.1. The van der Waals surface area contributed by atoms with Crippen LogP contribution in [0.1, 0.15) is 6.42 Å². The van der Waals surface area contributed by atoms with E-state index in [9.17, 15) is 9.59 Å². The number of aliphatic carboxylic acids is 1. The van der Waals surface area contributed by atoms with Gasteiger partial charge in [-0.1, -0.05) is 11.8 Å². The number of carbonyl (C=O) groups is 2. The van der Waals surface area contributed by atoms with E-state index in [0.717, 1.165) is 15.5 Å². The van der Waals surface area contributed by atoms with Crippen LogP contribution in [0.2, 0.25) is 0 Å². The molecule has 0 saturated carbocycles. The van der Waals surface area contributed by atoms with Crippen molar-refractivity contribution in [3.63, 3.8) is 0 Å². The third-order valence-corrected chi connectivity index (χ3v) is 5.24. The molecule has 1 unspecified atom stereocenters. The highest BCUT2D eigenvalue weighted by Gasteiger charge is 2.30. The number of rotatable bonds is 5. The molecule has 26 heavy (non-hydrogen) atoms. The molecule has 1 aliphatic rings. The van der Waals surface area contributed by atoms with Crippen molar-refractivity contribution in [2.75, 3.05) is 25.5 Å². The predicted octanol–water partition coefficient (Wildman–Crippen LogP) is 3.78. The third-order valence-electron chi connectivity index (χ3n) is 4.23. The molecule has 1 fully saturated rings. The number of hydrogen-bond donors (Lipinski definition) is 2. The van der Waals surface area contributed by atoms with Crippen LogP contribution in [0.4, 0.5) is 10.5 Å². The second-order valence-corrected chi connectivity index (χ2v) is 7.15. The molecule has 7 heteroatoms. The Morgan fingerprint density at radius 2 is 1.73 bits per heavy atom. The summed E-state index contributed by atoms with van der Waals surface area (Å²) in [5.41, 5.74) is 0.688. The van der Waals surface area contributed by atoms with Gasteiger partial charge in [-0.3, -0.25) is 4.79 Å². The highest BCUT2D eigenvalue weighted by Crippen LogP contribution is 2.30. The second kappa shape index (κ2) is 8.14. The minimum absolute atomic E-state index is 0.257. The van der Waals surface area contributed by atoms with Crippen LogP contribution in [0.5, 0.6) is 5.75 Å². The summed E-state index contributed by atoms with van der Waals surface area (Å²) in [4.78, 5) is 26.9. The van der Waals surface area contributed by atoms with Gasteiger partial charge in [-0.25, -0.2) is 4.79 Å². The molecule has 2 aromatic rings. The van der Waals surface area contributed by atoms with Gasteiger partial charge >= 0.3 is 12.0 Å². The molecule has 1 atom stereocenters. The number of likely N-dealkylation sites (tertiary alicyclic amines) is 1. The minimum atomic E-state index is -0.847. The first-order chi connectivity index (χ1) is 12.5. The first-order valence-electron chi connectivity index (χ1n) is 8.26. The summed E-state index contributed by atoms with van der Waals surface area (Å²) in [6.07, 6.45) is 0.500. The Bertz CT molecular complexity index is 777. The van der Waals surface area contributed by atoms with Crippen LogP contribution in [0.15, 0.2) is 58.3 Å². The number of carboxylic acids is 1. The summed E-state index contributed by atoms with van der Waals surface area (Å²) in [5, 5.41) is 11.8. The quantitative estimate of drug-likeness (QED) is 0.835. The zero-order valence-electron chi connectivity index (χ0n) is 14.3. The van der Waals surface area contributed by atoms with E-state index in [1.165, 1.54) is 0 Å². The fraction of sp³-hybridized carbons (Fsp3) is 0.263. The van der Waals surface area contributed by atoms with Gasteiger partial charge in [-0.15, -0.1) is 0 Å². The minimum Gasteiger partial charge on any atom is -0.497 e. The van der Waals surface area contributed by atoms with Crippen molar-refractivity contribution in [2.24, 2.45) is 5.92 Å². The Hall–Kier alpha value is -2.67. The number of carbonyl (C=O) groups excluding carboxylic acids is 1. The second-order valence-electron chi connectivity index (χ2n) is 6.00. The van der Waals surface area contributed by atoms with E-state index in [0.29, 0.717) is 18.7 Å². The number of nitrogens with zero attached hydrogens (tertiary/aromatic N) is 1. The number of carboxylic acid groups (broad SMARTS) is 1. The molecule has 0 aromatic heterocycles. The lowest BCUT2D eigenvalue weighted by Crippen LogP contribution is -2.33. The van der Waals surface area contributed by atoms with E-state index < -0.39 is 11.9 Å². The number of nitrogens with one attached hydrogen (secondary N) is 1. The normalized spacial score (nSPS) is 16.3. The van der Waals surface area contributed by atoms with Crippen molar-refractivity contribution < 1.29 is 19.4 Å². The fourth-order valence-electron chi connectivity index (χ4n) is 2.73. The summed E-state index contributed by atoms with van der Waals surface area (Å²) in [5.74, 6) is -0.497. The van der Waals surface area contributed by atoms with E-state index >= 15 is 0 Å². The van der Waals surface area contributed by atoms with Crippen LogP contribution in [0.25, 0.3) is 0 Å². The Kier molecular flexibility index (Phi) is 5.68. The molecule has 0 spiro atoms. The Morgan fingerprint density at radius 3 is 2.27 bits per heavy atom. The average molecular weight is 372 g/mol. The van der Waals surface area contributed by atoms with Gasteiger partial charge in [-0.05, 0) is 55.0 Å². The molecular weight excluding hydrogens is 352 g/mol. The van der Waals surface area contributed by atoms with Gasteiger partial charge in [0, 0.05) is 28.6 Å². The maximum Gasteiger partial charge on any atom is 0.321 e. The largest absolute Gasteiger partial charge is 0.497 e. The molecule has 0 aliphatic carbocycles. The van der Waals surface area contributed by atoms with Gasteiger partial charge in [0.2, 0.25) is 0 Å². The lowest BCUT2D eigenvalue weighted by molar-refractivity contribution is -0.141. The number of ether oxygens (including phenoxy) is 1. The number of urea groups is 1. The monoisotopic (exact) mass is 372 g/mol. The van der Waals surface area contributed by atoms with Crippen molar-refractivity contribution in [1.29, 1.82) is 0 Å². The fourth-order valence-corrected chi connectivity index (χ4v) is 3.55. The summed E-state index contributed by atoms with van der Waals surface area (Å²) in [6.45, 7) is 0.723. The number of amides is 2. The summed E-state index contributed by atoms with van der Waals surface area (Å²) in [7, 11) is 1.64. The van der Waals surface area contributed by atoms with Gasteiger partial charge in [-0.2, -0.15) is 0 Å². The Labute approximate surface area is 156 Å². The third kappa shape index (κ3) is 4.49. The van der Waals surface area contributed by atoms with Crippen LogP contribution < -0.4 is 10.1 Å². The lowest BCUT2D eigenvalue weighted by Gasteiger charge is -2.16. The molecule has 2 N–H and O–H groups in total. The number of hydrogen-bond acceptors (Lipinski definition) is 4. The van der Waals surface area contributed by atoms with Gasteiger partial charge in [0.1, 0.15) is 5.75 Å². The maximum atomic E-state index is 12.2. The average Bonchev–Trinajstić information content (AvgIpc) is 3.15. The maximum absolute atomic E-state index is 12.2. The predicted molar refractivity (Wildman–Crippen MR) is 99.9 cm³/mol. The molecule has 0 bridgehead atoms. The summed E-state index contributed by atoms with van der Waals surface area (Å²) < 4.78 is 5.15. The molecule has 1 aliphatic heterocycles. The highest BCUT2D eigenvalue weighted by atomic mass is 32.2. The molecule has 1 heterocycles. The molecule has 136 valence electrons. The SMILES string of the molecule is COc1ccc(Sc2ccc(NC(=O)N3CCC(C(=O)O)C3)cc2)cc1. The van der Waals surface area contributed by atoms with E-state index in [1.807, 2.05) is 48.5 Å². The van der Waals surface area contributed by atoms with Gasteiger partial charge in [0.05, 0.1) is 13.0 Å². The van der Waals surface area contributed by atoms with E-state index in [-0.39, 0.29) is 12.6 Å². The highest BCUT2D eigenvalue weighted by molar-refractivity contribution is 7.99. The topological polar surface area (TPSA) is 78.9 Å². The molecule has 2 aromatic carbocycles. The van der Waals surface area contributed by atoms with Crippen LogP contribution in [-0.4, -0.2) is 42.2 Å². The van der Waals surface area contributed by atoms with Crippen LogP contribution in [-0.2, 0) is 4.79 Å². The van der Waals surface area contributed by atoms with Gasteiger partial charge < -0.3 is 20.1 Å². The number of anilines is 1. The van der Waals surface area contributed by atoms with Gasteiger partial charge in [0.15, 0.2) is 0 Å². The van der Waals surface area contributed by atoms with Crippen molar-refractivity contribution in [1.82, 2.24) is 4.90 Å². The molecule has 6 nitrogen and oxygen atoms in total. The van der Waals surface area contributed by atoms with Crippen molar-refractivity contribution in [3.8, 4) is 5.75 Å². The zero-order valence-corrected chi connectivity index (χ0v) is 15.2. The number of methoxy groups -OCH3 is 1. The summed E-state index contributed by atoms with van der Waals surface area (Å²) in [6, 6.07) is 15.1. The van der Waals surface area contributed by atoms with Crippen molar-refractivity contribution in [2.45, 2.75) is 16.2 Å². The van der Waals surface area contributed by atoms with Crippen molar-refractivity contribution >= 4 is 29.4 Å². The molecule has 2 amide bonds. The first kappa shape index (κ1) is 18.1. The van der Waals surface area contributed by atoms with Crippen LogP contribution >= 0.6 is 11.8 Å². The molecule has 1 saturated heterocycles. The molecule has 0 radical (unpaired) electrons. The van der Waals surface area contributed by atoms with E-state index in [4.69, 9.17) is 9.84 Å². The zero-order chi connectivity index (χ0) is 18.5. The standard InChI is InChI=1S/C19H20N2O4S/c1-25-15-4-8-17(9-5-15)26-16-6-2-14(3-7-16)20-19(24)21-11-10-13(12-21)18(22)23/h2-9,13H,10-12H2,1H3,(H,20,24)(H,22,23). The Balaban J connectivity index is 1.55. The van der Waals surface area contributed by atoms with E-state index in [1.54, 1.807) is 23.8 Å². The Morgan fingerprint density at radius 1 is 1.12 bits per heavy atom. The number of benzene rings is 2. The smallest absolute Gasteiger partial charge is 0.321 e. The van der Waals surface area contributed by atoms with Gasteiger partial charge in [0.25, 0.3) is 0 Å². The molecule has 3 rings (SSSR count). The first-order valence-corrected chi connectivity index (χ1v) is 9.07. The van der Waals surface area contributed by atoms with E-state index in [2.05, 4.69) is 5.32 Å². The van der Waals surface area contributed by atoms with Crippen LogP contribution in [0.3, 0.4) is 0 Å². The van der Waals surface area contributed by atoms with Crippen LogP contribution in [0, 0.1) is 5.92 Å².